The molecule has 7 nitrogen and oxygen atoms in total. The Balaban J connectivity index is 1.48. The minimum atomic E-state index is 0.259. The molecule has 2 aliphatic rings. The second-order valence-electron chi connectivity index (χ2n) is 8.11. The van der Waals surface area contributed by atoms with Crippen LogP contribution in [-0.2, 0) is 17.6 Å². The van der Waals surface area contributed by atoms with Crippen molar-refractivity contribution in [2.75, 3.05) is 31.1 Å². The topological polar surface area (TPSA) is 66.6 Å². The highest BCUT2D eigenvalue weighted by molar-refractivity contribution is 5.79. The molecule has 0 atom stereocenters. The van der Waals surface area contributed by atoms with Gasteiger partial charge < -0.3 is 9.80 Å². The molecular formula is C21H32N6O. The van der Waals surface area contributed by atoms with Gasteiger partial charge in [0.15, 0.2) is 0 Å². The molecule has 2 fully saturated rings. The maximum atomic E-state index is 12.8. The summed E-state index contributed by atoms with van der Waals surface area (Å²) in [5.74, 6) is 3.27. The Labute approximate surface area is 167 Å². The van der Waals surface area contributed by atoms with E-state index in [1.807, 2.05) is 0 Å². The molecule has 3 heterocycles. The molecule has 2 aromatic rings. The van der Waals surface area contributed by atoms with Crippen LogP contribution in [0.2, 0.25) is 0 Å². The van der Waals surface area contributed by atoms with Crippen molar-refractivity contribution < 1.29 is 4.79 Å². The molecule has 28 heavy (non-hydrogen) atoms. The van der Waals surface area contributed by atoms with Gasteiger partial charge in [-0.3, -0.25) is 9.20 Å². The van der Waals surface area contributed by atoms with Gasteiger partial charge in [0.05, 0.1) is 0 Å². The number of carbonyl (C=O) groups excluding carboxylic acids is 1. The van der Waals surface area contributed by atoms with Crippen molar-refractivity contribution in [3.8, 4) is 0 Å². The molecule has 0 bridgehead atoms. The molecule has 0 radical (unpaired) electrons. The molecule has 1 saturated heterocycles. The summed E-state index contributed by atoms with van der Waals surface area (Å²) >= 11 is 0. The van der Waals surface area contributed by atoms with Crippen molar-refractivity contribution in [1.29, 1.82) is 0 Å². The summed E-state index contributed by atoms with van der Waals surface area (Å²) in [6, 6.07) is 2.19. The number of amides is 1. The summed E-state index contributed by atoms with van der Waals surface area (Å²) in [6.07, 6.45) is 8.75. The molecule has 0 unspecified atom stereocenters. The summed E-state index contributed by atoms with van der Waals surface area (Å²) < 4.78 is 2.11. The first-order valence-electron chi connectivity index (χ1n) is 11.0. The monoisotopic (exact) mass is 384 g/mol. The Bertz CT molecular complexity index is 818. The van der Waals surface area contributed by atoms with Crippen LogP contribution in [0.5, 0.6) is 0 Å². The number of carbonyl (C=O) groups is 1. The summed E-state index contributed by atoms with van der Waals surface area (Å²) in [5, 5.41) is 8.61. The SMILES string of the molecule is CCCc1cc(N2CCN(C(=O)C3CCCCC3)CC2)nc2nnc(CC)n12. The smallest absolute Gasteiger partial charge is 0.257 e. The zero-order valence-electron chi connectivity index (χ0n) is 17.2. The number of fused-ring (bicyclic) bond motifs is 1. The minimum Gasteiger partial charge on any atom is -0.353 e. The summed E-state index contributed by atoms with van der Waals surface area (Å²) in [4.78, 5) is 22.0. The summed E-state index contributed by atoms with van der Waals surface area (Å²) in [6.45, 7) is 7.54. The van der Waals surface area contributed by atoms with Gasteiger partial charge in [0.2, 0.25) is 5.91 Å². The van der Waals surface area contributed by atoms with E-state index in [0.29, 0.717) is 11.7 Å². The first-order chi connectivity index (χ1) is 13.7. The van der Waals surface area contributed by atoms with Gasteiger partial charge in [-0.1, -0.05) is 39.5 Å². The number of rotatable bonds is 5. The molecule has 1 saturated carbocycles. The Hall–Kier alpha value is -2.18. The highest BCUT2D eigenvalue weighted by Crippen LogP contribution is 2.26. The molecule has 4 rings (SSSR count). The lowest BCUT2D eigenvalue weighted by molar-refractivity contribution is -0.136. The van der Waals surface area contributed by atoms with Gasteiger partial charge in [-0.05, 0) is 19.3 Å². The molecule has 1 aliphatic heterocycles. The van der Waals surface area contributed by atoms with Crippen molar-refractivity contribution in [1.82, 2.24) is 24.5 Å². The van der Waals surface area contributed by atoms with E-state index in [1.54, 1.807) is 0 Å². The molecule has 1 aliphatic carbocycles. The van der Waals surface area contributed by atoms with Crippen LogP contribution >= 0.6 is 0 Å². The number of piperazine rings is 1. The van der Waals surface area contributed by atoms with Gasteiger partial charge in [0.25, 0.3) is 5.78 Å². The first kappa shape index (κ1) is 19.2. The van der Waals surface area contributed by atoms with E-state index in [1.165, 1.54) is 25.0 Å². The average molecular weight is 385 g/mol. The number of hydrogen-bond acceptors (Lipinski definition) is 5. The van der Waals surface area contributed by atoms with Crippen LogP contribution in [0.15, 0.2) is 6.07 Å². The van der Waals surface area contributed by atoms with Gasteiger partial charge in [-0.2, -0.15) is 4.98 Å². The lowest BCUT2D eigenvalue weighted by atomic mass is 9.88. The van der Waals surface area contributed by atoms with E-state index in [9.17, 15) is 4.79 Å². The Morgan fingerprint density at radius 3 is 2.50 bits per heavy atom. The fourth-order valence-electron chi connectivity index (χ4n) is 4.62. The molecule has 7 heteroatoms. The number of nitrogens with zero attached hydrogens (tertiary/aromatic N) is 6. The molecule has 0 N–H and O–H groups in total. The van der Waals surface area contributed by atoms with E-state index in [0.717, 1.165) is 69.9 Å². The van der Waals surface area contributed by atoms with E-state index < -0.39 is 0 Å². The Kier molecular flexibility index (Phi) is 5.78. The molecule has 0 aromatic carbocycles. The second kappa shape index (κ2) is 8.45. The van der Waals surface area contributed by atoms with Crippen LogP contribution in [0.25, 0.3) is 5.78 Å². The lowest BCUT2D eigenvalue weighted by Crippen LogP contribution is -2.50. The lowest BCUT2D eigenvalue weighted by Gasteiger charge is -2.37. The van der Waals surface area contributed by atoms with Crippen LogP contribution < -0.4 is 4.90 Å². The van der Waals surface area contributed by atoms with E-state index in [-0.39, 0.29) is 5.92 Å². The molecule has 152 valence electrons. The summed E-state index contributed by atoms with van der Waals surface area (Å²) in [5.41, 5.74) is 1.23. The predicted octanol–water partition coefficient (Wildman–Crippen LogP) is 2.87. The van der Waals surface area contributed by atoms with E-state index in [2.05, 4.69) is 44.3 Å². The van der Waals surface area contributed by atoms with Crippen LogP contribution in [-0.4, -0.2) is 56.6 Å². The third kappa shape index (κ3) is 3.71. The van der Waals surface area contributed by atoms with Crippen LogP contribution in [0, 0.1) is 5.92 Å². The number of aromatic nitrogens is 4. The molecular weight excluding hydrogens is 352 g/mol. The first-order valence-corrected chi connectivity index (χ1v) is 11.0. The summed E-state index contributed by atoms with van der Waals surface area (Å²) in [7, 11) is 0. The van der Waals surface area contributed by atoms with E-state index in [4.69, 9.17) is 4.98 Å². The normalized spacial score (nSPS) is 18.8. The maximum Gasteiger partial charge on any atom is 0.257 e. The molecule has 0 spiro atoms. The number of anilines is 1. The van der Waals surface area contributed by atoms with Crippen molar-refractivity contribution >= 4 is 17.5 Å². The predicted molar refractivity (Wildman–Crippen MR) is 110 cm³/mol. The zero-order chi connectivity index (χ0) is 19.5. The quantitative estimate of drug-likeness (QED) is 0.793. The van der Waals surface area contributed by atoms with Gasteiger partial charge >= 0.3 is 0 Å². The average Bonchev–Trinajstić information content (AvgIpc) is 3.17. The maximum absolute atomic E-state index is 12.8. The third-order valence-electron chi connectivity index (χ3n) is 6.20. The molecule has 2 aromatic heterocycles. The third-order valence-corrected chi connectivity index (χ3v) is 6.20. The van der Waals surface area contributed by atoms with Crippen LogP contribution in [0.3, 0.4) is 0 Å². The standard InChI is InChI=1S/C21H32N6O/c1-3-8-17-15-19(22-21-24-23-18(4-2)27(17)21)25-11-13-26(14-12-25)20(28)16-9-6-5-7-10-16/h15-16H,3-14H2,1-2H3. The zero-order valence-corrected chi connectivity index (χ0v) is 17.2. The minimum absolute atomic E-state index is 0.259. The van der Waals surface area contributed by atoms with Crippen LogP contribution in [0.4, 0.5) is 5.82 Å². The highest BCUT2D eigenvalue weighted by Gasteiger charge is 2.29. The highest BCUT2D eigenvalue weighted by atomic mass is 16.2. The van der Waals surface area contributed by atoms with Gasteiger partial charge in [-0.25, -0.2) is 0 Å². The largest absolute Gasteiger partial charge is 0.353 e. The van der Waals surface area contributed by atoms with Crippen molar-refractivity contribution in [2.24, 2.45) is 5.92 Å². The number of hydrogen-bond donors (Lipinski definition) is 0. The molecule has 1 amide bonds. The van der Waals surface area contributed by atoms with Crippen molar-refractivity contribution in [3.63, 3.8) is 0 Å². The van der Waals surface area contributed by atoms with Gasteiger partial charge in [0, 0.05) is 50.3 Å². The fraction of sp³-hybridized carbons (Fsp3) is 0.714. The Morgan fingerprint density at radius 1 is 1.07 bits per heavy atom. The van der Waals surface area contributed by atoms with Gasteiger partial charge in [-0.15, -0.1) is 10.2 Å². The van der Waals surface area contributed by atoms with Crippen molar-refractivity contribution in [3.05, 3.63) is 17.6 Å². The van der Waals surface area contributed by atoms with Crippen LogP contribution in [0.1, 0.15) is 63.9 Å². The van der Waals surface area contributed by atoms with Gasteiger partial charge in [0.1, 0.15) is 11.6 Å². The second-order valence-corrected chi connectivity index (χ2v) is 8.11. The van der Waals surface area contributed by atoms with E-state index >= 15 is 0 Å². The van der Waals surface area contributed by atoms with Crippen molar-refractivity contribution in [2.45, 2.75) is 65.2 Å². The fourth-order valence-corrected chi connectivity index (χ4v) is 4.62. The Morgan fingerprint density at radius 2 is 1.82 bits per heavy atom. The number of aryl methyl sites for hydroxylation is 2.